The van der Waals surface area contributed by atoms with Crippen LogP contribution in [0.1, 0.15) is 16.8 Å². The number of amides is 1. The van der Waals surface area contributed by atoms with Gasteiger partial charge in [0.15, 0.2) is 6.61 Å². The summed E-state index contributed by atoms with van der Waals surface area (Å²) in [5.41, 5.74) is 0.369. The summed E-state index contributed by atoms with van der Waals surface area (Å²) in [6, 6.07) is 16.1. The number of anilines is 1. The Morgan fingerprint density at radius 2 is 1.75 bits per heavy atom. The lowest BCUT2D eigenvalue weighted by Crippen LogP contribution is -2.35. The van der Waals surface area contributed by atoms with Gasteiger partial charge in [-0.3, -0.25) is 4.79 Å². The highest BCUT2D eigenvalue weighted by atomic mass is 19.1. The normalized spacial score (nSPS) is 9.83. The van der Waals surface area contributed by atoms with Gasteiger partial charge < -0.3 is 9.64 Å². The molecule has 6 heteroatoms. The van der Waals surface area contributed by atoms with Gasteiger partial charge >= 0.3 is 5.97 Å². The predicted octanol–water partition coefficient (Wildman–Crippen LogP) is 2.93. The molecule has 122 valence electrons. The van der Waals surface area contributed by atoms with Gasteiger partial charge in [0.1, 0.15) is 5.82 Å². The van der Waals surface area contributed by atoms with E-state index in [9.17, 15) is 14.0 Å². The number of hydrogen-bond acceptors (Lipinski definition) is 4. The van der Waals surface area contributed by atoms with E-state index in [0.717, 1.165) is 6.07 Å². The predicted molar refractivity (Wildman–Crippen MR) is 85.7 cm³/mol. The highest BCUT2D eigenvalue weighted by Gasteiger charge is 2.19. The molecular weight excluding hydrogens is 311 g/mol. The van der Waals surface area contributed by atoms with E-state index in [2.05, 4.69) is 0 Å². The van der Waals surface area contributed by atoms with Gasteiger partial charge in [-0.15, -0.1) is 0 Å². The fraction of sp³-hybridized carbons (Fsp3) is 0.167. The van der Waals surface area contributed by atoms with Crippen LogP contribution in [0.25, 0.3) is 0 Å². The zero-order chi connectivity index (χ0) is 17.4. The molecule has 0 aliphatic heterocycles. The summed E-state index contributed by atoms with van der Waals surface area (Å²) in [7, 11) is 0. The van der Waals surface area contributed by atoms with Gasteiger partial charge in [-0.05, 0) is 24.3 Å². The van der Waals surface area contributed by atoms with E-state index in [-0.39, 0.29) is 18.5 Å². The minimum atomic E-state index is -0.908. The molecule has 0 bridgehead atoms. The Morgan fingerprint density at radius 1 is 1.08 bits per heavy atom. The molecule has 1 amide bonds. The standard InChI is InChI=1S/C18H15FN2O3/c19-16-10-5-4-9-15(16)18(23)24-13-17(22)21(12-6-11-20)14-7-2-1-3-8-14/h1-5,7-10H,6,12-13H2. The maximum atomic E-state index is 13.5. The van der Waals surface area contributed by atoms with Crippen LogP contribution in [0, 0.1) is 17.1 Å². The van der Waals surface area contributed by atoms with Crippen molar-refractivity contribution in [3.05, 3.63) is 66.0 Å². The highest BCUT2D eigenvalue weighted by Crippen LogP contribution is 2.14. The summed E-state index contributed by atoms with van der Waals surface area (Å²) in [6.07, 6.45) is 0.141. The maximum absolute atomic E-state index is 13.5. The van der Waals surface area contributed by atoms with Crippen molar-refractivity contribution in [3.8, 4) is 6.07 Å². The van der Waals surface area contributed by atoms with Crippen LogP contribution in [-0.4, -0.2) is 25.0 Å². The van der Waals surface area contributed by atoms with Crippen LogP contribution in [0.5, 0.6) is 0 Å². The summed E-state index contributed by atoms with van der Waals surface area (Å²) < 4.78 is 18.4. The van der Waals surface area contributed by atoms with Crippen molar-refractivity contribution in [2.75, 3.05) is 18.1 Å². The number of para-hydroxylation sites is 1. The monoisotopic (exact) mass is 326 g/mol. The van der Waals surface area contributed by atoms with Crippen molar-refractivity contribution in [2.45, 2.75) is 6.42 Å². The zero-order valence-corrected chi connectivity index (χ0v) is 12.8. The second-order valence-corrected chi connectivity index (χ2v) is 4.85. The van der Waals surface area contributed by atoms with Gasteiger partial charge in [0, 0.05) is 12.2 Å². The minimum Gasteiger partial charge on any atom is -0.452 e. The van der Waals surface area contributed by atoms with Crippen LogP contribution in [0.2, 0.25) is 0 Å². The van der Waals surface area contributed by atoms with Crippen molar-refractivity contribution in [2.24, 2.45) is 0 Å². The topological polar surface area (TPSA) is 70.4 Å². The molecule has 0 unspecified atom stereocenters. The third-order valence-electron chi connectivity index (χ3n) is 3.24. The smallest absolute Gasteiger partial charge is 0.341 e. The quantitative estimate of drug-likeness (QED) is 0.765. The van der Waals surface area contributed by atoms with Crippen molar-refractivity contribution in [3.63, 3.8) is 0 Å². The van der Waals surface area contributed by atoms with Gasteiger partial charge in [-0.1, -0.05) is 30.3 Å². The first kappa shape index (κ1) is 17.2. The summed E-state index contributed by atoms with van der Waals surface area (Å²) in [6.45, 7) is -0.357. The Kier molecular flexibility index (Phi) is 6.03. The number of carbonyl (C=O) groups excluding carboxylic acids is 2. The molecule has 0 saturated carbocycles. The van der Waals surface area contributed by atoms with Crippen molar-refractivity contribution in [1.29, 1.82) is 5.26 Å². The second-order valence-electron chi connectivity index (χ2n) is 4.85. The highest BCUT2D eigenvalue weighted by molar-refractivity contribution is 5.97. The number of carbonyl (C=O) groups is 2. The summed E-state index contributed by atoms with van der Waals surface area (Å²) in [5, 5.41) is 8.73. The first-order valence-electron chi connectivity index (χ1n) is 7.27. The molecule has 2 rings (SSSR count). The van der Waals surface area contributed by atoms with Crippen LogP contribution < -0.4 is 4.90 Å². The minimum absolute atomic E-state index is 0.141. The van der Waals surface area contributed by atoms with Crippen molar-refractivity contribution >= 4 is 17.6 Å². The van der Waals surface area contributed by atoms with Crippen LogP contribution in [-0.2, 0) is 9.53 Å². The van der Waals surface area contributed by atoms with Crippen LogP contribution >= 0.6 is 0 Å². The molecule has 24 heavy (non-hydrogen) atoms. The fourth-order valence-corrected chi connectivity index (χ4v) is 2.08. The molecule has 0 aromatic heterocycles. The van der Waals surface area contributed by atoms with E-state index in [0.29, 0.717) is 5.69 Å². The molecule has 0 N–H and O–H groups in total. The van der Waals surface area contributed by atoms with E-state index >= 15 is 0 Å². The molecule has 2 aromatic carbocycles. The fourth-order valence-electron chi connectivity index (χ4n) is 2.08. The number of benzene rings is 2. The first-order valence-corrected chi connectivity index (χ1v) is 7.27. The van der Waals surface area contributed by atoms with E-state index in [1.54, 1.807) is 30.3 Å². The van der Waals surface area contributed by atoms with E-state index in [1.165, 1.54) is 23.1 Å². The molecule has 0 aliphatic carbocycles. The summed E-state index contributed by atoms with van der Waals surface area (Å²) in [5.74, 6) is -2.10. The zero-order valence-electron chi connectivity index (χ0n) is 12.8. The molecule has 5 nitrogen and oxygen atoms in total. The number of halogens is 1. The van der Waals surface area contributed by atoms with Crippen LogP contribution in [0.4, 0.5) is 10.1 Å². The average Bonchev–Trinajstić information content (AvgIpc) is 2.61. The Labute approximate surface area is 138 Å². The average molecular weight is 326 g/mol. The van der Waals surface area contributed by atoms with Gasteiger partial charge in [-0.25, -0.2) is 9.18 Å². The van der Waals surface area contributed by atoms with E-state index < -0.39 is 24.3 Å². The molecule has 0 saturated heterocycles. The third-order valence-corrected chi connectivity index (χ3v) is 3.24. The molecule has 0 atom stereocenters. The van der Waals surface area contributed by atoms with Gasteiger partial charge in [0.2, 0.25) is 0 Å². The Bertz CT molecular complexity index is 756. The lowest BCUT2D eigenvalue weighted by molar-refractivity contribution is -0.121. The molecule has 0 aliphatic rings. The third kappa shape index (κ3) is 4.40. The largest absolute Gasteiger partial charge is 0.452 e. The first-order chi connectivity index (χ1) is 11.6. The number of esters is 1. The Hall–Kier alpha value is -3.20. The molecule has 0 radical (unpaired) electrons. The lowest BCUT2D eigenvalue weighted by Gasteiger charge is -2.21. The van der Waals surface area contributed by atoms with Crippen LogP contribution in [0.15, 0.2) is 54.6 Å². The molecular formula is C18H15FN2O3. The lowest BCUT2D eigenvalue weighted by atomic mass is 10.2. The van der Waals surface area contributed by atoms with E-state index in [1.807, 2.05) is 6.07 Å². The summed E-state index contributed by atoms with van der Waals surface area (Å²) in [4.78, 5) is 25.5. The molecule has 0 spiro atoms. The Balaban J connectivity index is 2.04. The number of rotatable bonds is 6. The van der Waals surface area contributed by atoms with Gasteiger partial charge in [0.05, 0.1) is 18.1 Å². The molecule has 0 heterocycles. The second kappa shape index (κ2) is 8.44. The van der Waals surface area contributed by atoms with E-state index in [4.69, 9.17) is 10.00 Å². The maximum Gasteiger partial charge on any atom is 0.341 e. The van der Waals surface area contributed by atoms with Crippen molar-refractivity contribution < 1.29 is 18.7 Å². The number of nitriles is 1. The molecule has 2 aromatic rings. The SMILES string of the molecule is N#CCCN(C(=O)COC(=O)c1ccccc1F)c1ccccc1. The van der Waals surface area contributed by atoms with Crippen LogP contribution in [0.3, 0.4) is 0 Å². The molecule has 0 fully saturated rings. The summed E-state index contributed by atoms with van der Waals surface area (Å²) >= 11 is 0. The number of ether oxygens (including phenoxy) is 1. The Morgan fingerprint density at radius 3 is 2.42 bits per heavy atom. The van der Waals surface area contributed by atoms with Gasteiger partial charge in [0.25, 0.3) is 5.91 Å². The van der Waals surface area contributed by atoms with Crippen molar-refractivity contribution in [1.82, 2.24) is 0 Å². The number of nitrogens with zero attached hydrogens (tertiary/aromatic N) is 2. The number of hydrogen-bond donors (Lipinski definition) is 0. The van der Waals surface area contributed by atoms with Gasteiger partial charge in [-0.2, -0.15) is 5.26 Å².